The van der Waals surface area contributed by atoms with Gasteiger partial charge >= 0.3 is 0 Å². The van der Waals surface area contributed by atoms with Gasteiger partial charge in [-0.1, -0.05) is 60.7 Å². The zero-order chi connectivity index (χ0) is 22.5. The number of fused-ring (bicyclic) bond motifs is 1. The maximum Gasteiger partial charge on any atom is 0.251 e. The molecule has 1 heterocycles. The molecule has 6 nitrogen and oxygen atoms in total. The van der Waals surface area contributed by atoms with Gasteiger partial charge in [-0.25, -0.2) is 4.98 Å². The Hall–Kier alpha value is -4.24. The summed E-state index contributed by atoms with van der Waals surface area (Å²) in [6.45, 7) is 0. The first-order chi connectivity index (χ1) is 15.6. The summed E-state index contributed by atoms with van der Waals surface area (Å²) >= 11 is 0. The highest BCUT2D eigenvalue weighted by Crippen LogP contribution is 2.26. The van der Waals surface area contributed by atoms with Crippen molar-refractivity contribution >= 4 is 22.7 Å². The summed E-state index contributed by atoms with van der Waals surface area (Å²) < 4.78 is 1.78. The normalized spacial score (nSPS) is 12.6. The van der Waals surface area contributed by atoms with Gasteiger partial charge < -0.3 is 9.88 Å². The van der Waals surface area contributed by atoms with E-state index in [4.69, 9.17) is 0 Å². The van der Waals surface area contributed by atoms with Crippen molar-refractivity contribution in [3.05, 3.63) is 102 Å². The van der Waals surface area contributed by atoms with Gasteiger partial charge in [-0.05, 0) is 29.8 Å². The fourth-order valence-electron chi connectivity index (χ4n) is 3.78. The molecule has 0 spiro atoms. The molecule has 0 aliphatic carbocycles. The molecule has 0 saturated carbocycles. The van der Waals surface area contributed by atoms with Crippen LogP contribution in [0.3, 0.4) is 0 Å². The summed E-state index contributed by atoms with van der Waals surface area (Å²) in [7, 11) is 1.80. The summed E-state index contributed by atoms with van der Waals surface area (Å²) in [5.74, 6) is -1.20. The van der Waals surface area contributed by atoms with Gasteiger partial charge in [-0.3, -0.25) is 9.59 Å². The van der Waals surface area contributed by atoms with Crippen LogP contribution in [0.15, 0.2) is 84.9 Å². The fourth-order valence-corrected chi connectivity index (χ4v) is 3.78. The molecule has 3 aromatic carbocycles. The molecule has 32 heavy (non-hydrogen) atoms. The highest BCUT2D eigenvalue weighted by atomic mass is 16.2. The number of hydrogen-bond acceptors (Lipinski definition) is 4. The topological polar surface area (TPSA) is 87.8 Å². The van der Waals surface area contributed by atoms with Gasteiger partial charge in [0.25, 0.3) is 5.91 Å². The van der Waals surface area contributed by atoms with Crippen LogP contribution in [0.5, 0.6) is 0 Å². The number of nitrogens with zero attached hydrogens (tertiary/aromatic N) is 3. The van der Waals surface area contributed by atoms with Crippen LogP contribution in [0, 0.1) is 11.3 Å². The lowest BCUT2D eigenvalue weighted by Gasteiger charge is -2.20. The van der Waals surface area contributed by atoms with Crippen molar-refractivity contribution in [3.8, 4) is 6.07 Å². The Morgan fingerprint density at radius 3 is 2.25 bits per heavy atom. The van der Waals surface area contributed by atoms with E-state index in [1.807, 2.05) is 60.7 Å². The van der Waals surface area contributed by atoms with Crippen molar-refractivity contribution in [2.75, 3.05) is 0 Å². The van der Waals surface area contributed by atoms with Crippen LogP contribution in [0.25, 0.3) is 11.0 Å². The summed E-state index contributed by atoms with van der Waals surface area (Å²) in [6, 6.07) is 27.2. The Bertz CT molecular complexity index is 1290. The fraction of sp³-hybridized carbons (Fsp3) is 0.154. The predicted molar refractivity (Wildman–Crippen MR) is 122 cm³/mol. The van der Waals surface area contributed by atoms with Gasteiger partial charge in [0.15, 0.2) is 11.7 Å². The van der Waals surface area contributed by atoms with Gasteiger partial charge in [0, 0.05) is 19.0 Å². The number of ketones is 1. The van der Waals surface area contributed by atoms with E-state index in [1.54, 1.807) is 35.9 Å². The molecule has 158 valence electrons. The average Bonchev–Trinajstić information content (AvgIpc) is 3.16. The smallest absolute Gasteiger partial charge is 0.251 e. The zero-order valence-electron chi connectivity index (χ0n) is 17.6. The van der Waals surface area contributed by atoms with Crippen molar-refractivity contribution in [2.45, 2.75) is 18.4 Å². The van der Waals surface area contributed by atoms with Gasteiger partial charge in [0.05, 0.1) is 23.1 Å². The van der Waals surface area contributed by atoms with E-state index in [1.165, 1.54) is 0 Å². The summed E-state index contributed by atoms with van der Waals surface area (Å²) in [5, 5.41) is 12.8. The summed E-state index contributed by atoms with van der Waals surface area (Å²) in [5.41, 5.74) is 2.89. The summed E-state index contributed by atoms with van der Waals surface area (Å²) in [4.78, 5) is 30.6. The molecule has 0 aliphatic heterocycles. The van der Waals surface area contributed by atoms with Crippen LogP contribution in [-0.2, 0) is 11.8 Å². The van der Waals surface area contributed by atoms with Gasteiger partial charge in [-0.15, -0.1) is 0 Å². The number of nitrogens with one attached hydrogen (secondary N) is 1. The second-order valence-electron chi connectivity index (χ2n) is 7.55. The first-order valence-electron chi connectivity index (χ1n) is 10.3. The number of rotatable bonds is 7. The molecule has 0 aliphatic rings. The number of aromatic nitrogens is 2. The van der Waals surface area contributed by atoms with Crippen LogP contribution >= 0.6 is 0 Å². The molecule has 0 saturated heterocycles. The van der Waals surface area contributed by atoms with E-state index in [0.717, 1.165) is 16.6 Å². The molecule has 6 heteroatoms. The van der Waals surface area contributed by atoms with Crippen LogP contribution in [0.1, 0.15) is 40.1 Å². The molecule has 1 aromatic heterocycles. The Kier molecular flexibility index (Phi) is 6.09. The molecule has 2 atom stereocenters. The molecule has 0 bridgehead atoms. The maximum absolute atomic E-state index is 13.3. The maximum atomic E-state index is 13.3. The minimum atomic E-state index is -1.03. The number of Topliss-reactive ketones (excluding diaryl/α,β-unsaturated/α-hetero) is 1. The number of carbonyl (C=O) groups is 2. The van der Waals surface area contributed by atoms with Crippen molar-refractivity contribution in [2.24, 2.45) is 7.05 Å². The lowest BCUT2D eigenvalue weighted by atomic mass is 9.94. The molecule has 1 amide bonds. The van der Waals surface area contributed by atoms with E-state index in [2.05, 4.69) is 16.4 Å². The van der Waals surface area contributed by atoms with E-state index in [-0.39, 0.29) is 18.1 Å². The molecule has 4 rings (SSSR count). The molecule has 1 N–H and O–H groups in total. The number of hydrogen-bond donors (Lipinski definition) is 1. The highest BCUT2D eigenvalue weighted by Gasteiger charge is 2.29. The Morgan fingerprint density at radius 2 is 1.59 bits per heavy atom. The molecule has 0 unspecified atom stereocenters. The van der Waals surface area contributed by atoms with Crippen LogP contribution < -0.4 is 5.32 Å². The first kappa shape index (κ1) is 21.0. The third-order valence-electron chi connectivity index (χ3n) is 5.48. The van der Waals surface area contributed by atoms with E-state index in [0.29, 0.717) is 11.4 Å². The van der Waals surface area contributed by atoms with Crippen LogP contribution in [0.4, 0.5) is 0 Å². The predicted octanol–water partition coefficient (Wildman–Crippen LogP) is 4.31. The third kappa shape index (κ3) is 4.28. The van der Waals surface area contributed by atoms with Crippen LogP contribution in [0.2, 0.25) is 0 Å². The number of amides is 1. The van der Waals surface area contributed by atoms with Crippen LogP contribution in [-0.4, -0.2) is 21.2 Å². The number of benzene rings is 3. The lowest BCUT2D eigenvalue weighted by molar-refractivity contribution is -0.120. The van der Waals surface area contributed by atoms with E-state index < -0.39 is 12.0 Å². The Balaban J connectivity index is 1.62. The van der Waals surface area contributed by atoms with Gasteiger partial charge in [0.1, 0.15) is 5.82 Å². The Morgan fingerprint density at radius 1 is 0.969 bits per heavy atom. The second kappa shape index (κ2) is 9.27. The largest absolute Gasteiger partial charge is 0.345 e. The average molecular weight is 422 g/mol. The van der Waals surface area contributed by atoms with E-state index >= 15 is 0 Å². The summed E-state index contributed by atoms with van der Waals surface area (Å²) in [6.07, 6.45) is -0.0238. The van der Waals surface area contributed by atoms with Crippen molar-refractivity contribution in [3.63, 3.8) is 0 Å². The zero-order valence-corrected chi connectivity index (χ0v) is 17.6. The number of imidazole rings is 1. The van der Waals surface area contributed by atoms with E-state index in [9.17, 15) is 14.9 Å². The number of para-hydroxylation sites is 2. The number of nitriles is 1. The number of aryl methyl sites for hydroxylation is 1. The Labute approximate surface area is 186 Å². The molecular formula is C26H22N4O2. The first-order valence-corrected chi connectivity index (χ1v) is 10.3. The molecule has 0 fully saturated rings. The lowest BCUT2D eigenvalue weighted by Crippen LogP contribution is -2.31. The molecule has 4 aromatic rings. The quantitative estimate of drug-likeness (QED) is 0.481. The van der Waals surface area contributed by atoms with Crippen molar-refractivity contribution in [1.29, 1.82) is 5.26 Å². The monoisotopic (exact) mass is 422 g/mol. The SMILES string of the molecule is Cn1c([C@H](C#N)C(=O)C[C@@H](NC(=O)c2ccccc2)c2ccccc2)nc2ccccc21. The molecular weight excluding hydrogens is 400 g/mol. The minimum absolute atomic E-state index is 0.0238. The van der Waals surface area contributed by atoms with Crippen molar-refractivity contribution < 1.29 is 9.59 Å². The highest BCUT2D eigenvalue weighted by molar-refractivity contribution is 5.95. The standard InChI is InChI=1S/C26H22N4O2/c1-30-23-15-9-8-14-21(23)28-25(30)20(17-27)24(31)16-22(18-10-4-2-5-11-18)29-26(32)19-12-6-3-7-13-19/h2-15,20,22H,16H2,1H3,(H,29,32)/t20-,22-/m1/s1. The van der Waals surface area contributed by atoms with Gasteiger partial charge in [-0.2, -0.15) is 5.26 Å². The second-order valence-corrected chi connectivity index (χ2v) is 7.55. The number of carbonyl (C=O) groups excluding carboxylic acids is 2. The minimum Gasteiger partial charge on any atom is -0.345 e. The van der Waals surface area contributed by atoms with Gasteiger partial charge in [0.2, 0.25) is 0 Å². The van der Waals surface area contributed by atoms with Crippen molar-refractivity contribution in [1.82, 2.24) is 14.9 Å². The molecule has 0 radical (unpaired) electrons. The third-order valence-corrected chi connectivity index (χ3v) is 5.48.